The third-order valence-electron chi connectivity index (χ3n) is 2.39. The number of methoxy groups -OCH3 is 3. The number of hydrogen-bond donors (Lipinski definition) is 1. The molecule has 1 aromatic carbocycles. The number of rotatable bonds is 6. The number of aliphatic hydroxyl groups excluding tert-OH is 1. The maximum atomic E-state index is 8.97. The Morgan fingerprint density at radius 1 is 1.18 bits per heavy atom. The van der Waals surface area contributed by atoms with Gasteiger partial charge in [-0.1, -0.05) is 18.2 Å². The lowest BCUT2D eigenvalue weighted by atomic mass is 10.1. The largest absolute Gasteiger partial charge is 0.493 e. The number of ether oxygens (including phenoxy) is 3. The number of benzene rings is 1. The molecule has 0 amide bonds. The fourth-order valence-electron chi connectivity index (χ4n) is 1.39. The van der Waals surface area contributed by atoms with E-state index in [4.69, 9.17) is 19.3 Å². The lowest BCUT2D eigenvalue weighted by Crippen LogP contribution is -2.11. The van der Waals surface area contributed by atoms with Gasteiger partial charge in [-0.2, -0.15) is 0 Å². The Morgan fingerprint density at radius 2 is 1.88 bits per heavy atom. The molecule has 0 aliphatic carbocycles. The minimum absolute atomic E-state index is 0.0414. The third kappa shape index (κ3) is 3.76. The van der Waals surface area contributed by atoms with Gasteiger partial charge in [-0.25, -0.2) is 0 Å². The fourth-order valence-corrected chi connectivity index (χ4v) is 1.39. The number of aliphatic hydroxyl groups is 1. The van der Waals surface area contributed by atoms with Crippen molar-refractivity contribution in [1.29, 1.82) is 0 Å². The van der Waals surface area contributed by atoms with Gasteiger partial charge in [0.05, 0.1) is 26.9 Å². The van der Waals surface area contributed by atoms with Gasteiger partial charge >= 0.3 is 0 Å². The summed E-state index contributed by atoms with van der Waals surface area (Å²) in [5.41, 5.74) is 0.957. The van der Waals surface area contributed by atoms with Crippen molar-refractivity contribution in [3.63, 3.8) is 0 Å². The average Bonchev–Trinajstić information content (AvgIpc) is 2.39. The molecule has 1 N–H and O–H groups in total. The quantitative estimate of drug-likeness (QED) is 0.819. The standard InChI is InChI=1S/C13H18O4/c1-15-11(9-14)6-4-10-5-7-12(16-2)13(8-10)17-3/h4-8,11,14H,9H2,1-3H3/b6-4+. The minimum atomic E-state index is -0.289. The van der Waals surface area contributed by atoms with E-state index >= 15 is 0 Å². The van der Waals surface area contributed by atoms with Gasteiger partial charge in [-0.15, -0.1) is 0 Å². The Morgan fingerprint density at radius 3 is 2.41 bits per heavy atom. The van der Waals surface area contributed by atoms with Crippen LogP contribution in [0.15, 0.2) is 24.3 Å². The SMILES string of the molecule is COc1ccc(/C=C/C(CO)OC)cc1OC. The zero-order chi connectivity index (χ0) is 12.7. The molecule has 0 fully saturated rings. The first-order valence-corrected chi connectivity index (χ1v) is 5.29. The summed E-state index contributed by atoms with van der Waals surface area (Å²) >= 11 is 0. The molecule has 1 atom stereocenters. The highest BCUT2D eigenvalue weighted by atomic mass is 16.5. The Hall–Kier alpha value is -1.52. The molecule has 0 aliphatic heterocycles. The Bertz CT molecular complexity index is 370. The van der Waals surface area contributed by atoms with Crippen molar-refractivity contribution in [3.05, 3.63) is 29.8 Å². The molecule has 0 aliphatic rings. The van der Waals surface area contributed by atoms with Crippen LogP contribution in [0.2, 0.25) is 0 Å². The highest BCUT2D eigenvalue weighted by molar-refractivity contribution is 5.56. The average molecular weight is 238 g/mol. The van der Waals surface area contributed by atoms with Crippen LogP contribution in [0.1, 0.15) is 5.56 Å². The summed E-state index contributed by atoms with van der Waals surface area (Å²) in [6, 6.07) is 5.60. The zero-order valence-corrected chi connectivity index (χ0v) is 10.3. The lowest BCUT2D eigenvalue weighted by molar-refractivity contribution is 0.0825. The highest BCUT2D eigenvalue weighted by Crippen LogP contribution is 2.27. The van der Waals surface area contributed by atoms with Gasteiger partial charge in [-0.3, -0.25) is 0 Å². The maximum Gasteiger partial charge on any atom is 0.161 e. The smallest absolute Gasteiger partial charge is 0.161 e. The molecule has 1 unspecified atom stereocenters. The predicted molar refractivity (Wildman–Crippen MR) is 66.5 cm³/mol. The first-order valence-electron chi connectivity index (χ1n) is 5.29. The van der Waals surface area contributed by atoms with E-state index in [1.165, 1.54) is 0 Å². The van der Waals surface area contributed by atoms with Crippen LogP contribution >= 0.6 is 0 Å². The molecule has 4 nitrogen and oxygen atoms in total. The summed E-state index contributed by atoms with van der Waals surface area (Å²) in [5, 5.41) is 8.97. The fraction of sp³-hybridized carbons (Fsp3) is 0.385. The Kier molecular flexibility index (Phi) is 5.52. The van der Waals surface area contributed by atoms with Gasteiger partial charge in [0, 0.05) is 7.11 Å². The molecule has 1 aromatic rings. The summed E-state index contributed by atoms with van der Waals surface area (Å²) in [6.07, 6.45) is 3.37. The molecular formula is C13H18O4. The molecule has 1 rings (SSSR count). The lowest BCUT2D eigenvalue weighted by Gasteiger charge is -2.08. The van der Waals surface area contributed by atoms with Crippen LogP contribution in [-0.4, -0.2) is 39.1 Å². The van der Waals surface area contributed by atoms with Crippen molar-refractivity contribution in [2.75, 3.05) is 27.9 Å². The molecule has 4 heteroatoms. The van der Waals surface area contributed by atoms with Gasteiger partial charge in [0.1, 0.15) is 0 Å². The molecule has 0 saturated heterocycles. The topological polar surface area (TPSA) is 47.9 Å². The molecule has 0 spiro atoms. The van der Waals surface area contributed by atoms with Crippen LogP contribution in [0.4, 0.5) is 0 Å². The van der Waals surface area contributed by atoms with E-state index in [0.29, 0.717) is 11.5 Å². The molecule has 17 heavy (non-hydrogen) atoms. The summed E-state index contributed by atoms with van der Waals surface area (Å²) in [5.74, 6) is 1.36. The van der Waals surface area contributed by atoms with Gasteiger partial charge < -0.3 is 19.3 Å². The van der Waals surface area contributed by atoms with Crippen molar-refractivity contribution in [2.24, 2.45) is 0 Å². The van der Waals surface area contributed by atoms with Crippen molar-refractivity contribution < 1.29 is 19.3 Å². The molecule has 0 aromatic heterocycles. The monoisotopic (exact) mass is 238 g/mol. The molecule has 94 valence electrons. The Balaban J connectivity index is 2.85. The maximum absolute atomic E-state index is 8.97. The summed E-state index contributed by atoms with van der Waals surface area (Å²) < 4.78 is 15.4. The molecule has 0 radical (unpaired) electrons. The predicted octanol–water partition coefficient (Wildman–Crippen LogP) is 1.72. The van der Waals surface area contributed by atoms with Gasteiger partial charge in [0.2, 0.25) is 0 Å². The highest BCUT2D eigenvalue weighted by Gasteiger charge is 2.03. The Labute approximate surface area is 101 Å². The first kappa shape index (κ1) is 13.5. The summed E-state index contributed by atoms with van der Waals surface area (Å²) in [7, 11) is 4.75. The first-order chi connectivity index (χ1) is 8.24. The second-order valence-electron chi connectivity index (χ2n) is 3.43. The van der Waals surface area contributed by atoms with E-state index < -0.39 is 0 Å². The van der Waals surface area contributed by atoms with Gasteiger partial charge in [0.25, 0.3) is 0 Å². The van der Waals surface area contributed by atoms with Crippen LogP contribution < -0.4 is 9.47 Å². The number of hydrogen-bond acceptors (Lipinski definition) is 4. The molecule has 0 saturated carbocycles. The summed E-state index contributed by atoms with van der Waals surface area (Å²) in [4.78, 5) is 0. The zero-order valence-electron chi connectivity index (χ0n) is 10.3. The van der Waals surface area contributed by atoms with Crippen LogP contribution in [0.25, 0.3) is 6.08 Å². The molecule has 0 heterocycles. The minimum Gasteiger partial charge on any atom is -0.493 e. The van der Waals surface area contributed by atoms with E-state index in [2.05, 4.69) is 0 Å². The van der Waals surface area contributed by atoms with E-state index in [1.807, 2.05) is 24.3 Å². The second kappa shape index (κ2) is 6.93. The van der Waals surface area contributed by atoms with Crippen LogP contribution in [-0.2, 0) is 4.74 Å². The van der Waals surface area contributed by atoms with Crippen molar-refractivity contribution in [2.45, 2.75) is 6.10 Å². The van der Waals surface area contributed by atoms with Crippen molar-refractivity contribution in [3.8, 4) is 11.5 Å². The van der Waals surface area contributed by atoms with Crippen molar-refractivity contribution in [1.82, 2.24) is 0 Å². The van der Waals surface area contributed by atoms with Crippen LogP contribution in [0.3, 0.4) is 0 Å². The third-order valence-corrected chi connectivity index (χ3v) is 2.39. The van der Waals surface area contributed by atoms with Crippen molar-refractivity contribution >= 4 is 6.08 Å². The van der Waals surface area contributed by atoms with Gasteiger partial charge in [-0.05, 0) is 17.7 Å². The van der Waals surface area contributed by atoms with Crippen LogP contribution in [0.5, 0.6) is 11.5 Å². The van der Waals surface area contributed by atoms with E-state index in [1.54, 1.807) is 27.4 Å². The van der Waals surface area contributed by atoms with Gasteiger partial charge in [0.15, 0.2) is 11.5 Å². The van der Waals surface area contributed by atoms with E-state index in [0.717, 1.165) is 5.56 Å². The second-order valence-corrected chi connectivity index (χ2v) is 3.43. The van der Waals surface area contributed by atoms with Crippen LogP contribution in [0, 0.1) is 0 Å². The van der Waals surface area contributed by atoms with E-state index in [-0.39, 0.29) is 12.7 Å². The summed E-state index contributed by atoms with van der Waals surface area (Å²) in [6.45, 7) is -0.0414. The molecular weight excluding hydrogens is 220 g/mol. The molecule has 0 bridgehead atoms. The normalized spacial score (nSPS) is 12.7. The van der Waals surface area contributed by atoms with E-state index in [9.17, 15) is 0 Å².